The average Bonchev–Trinajstić information content (AvgIpc) is 2.83. The Bertz CT molecular complexity index is 653. The zero-order chi connectivity index (χ0) is 13.9. The lowest BCUT2D eigenvalue weighted by Crippen LogP contribution is -2.13. The number of hydrogen-bond acceptors (Lipinski definition) is 6. The van der Waals surface area contributed by atoms with Crippen molar-refractivity contribution in [1.29, 1.82) is 0 Å². The molecule has 0 aliphatic rings. The van der Waals surface area contributed by atoms with Gasteiger partial charge in [0.15, 0.2) is 0 Å². The number of thiazole rings is 1. The second kappa shape index (κ2) is 5.55. The van der Waals surface area contributed by atoms with Crippen molar-refractivity contribution in [2.45, 2.75) is 11.3 Å². The van der Waals surface area contributed by atoms with Gasteiger partial charge in [0.05, 0.1) is 21.3 Å². The van der Waals surface area contributed by atoms with Crippen LogP contribution in [0.3, 0.4) is 0 Å². The third-order valence-corrected chi connectivity index (χ3v) is 4.24. The largest absolute Gasteiger partial charge is 0.397 e. The van der Waals surface area contributed by atoms with Gasteiger partial charge in [-0.05, 0) is 18.2 Å². The lowest BCUT2D eigenvalue weighted by molar-refractivity contribution is 0.598. The van der Waals surface area contributed by atoms with Crippen molar-refractivity contribution in [2.75, 3.05) is 17.6 Å². The molecular formula is C11H14N4O2S2. The highest BCUT2D eigenvalue weighted by molar-refractivity contribution is 7.89. The fraction of sp³-hybridized carbons (Fsp3) is 0.182. The van der Waals surface area contributed by atoms with E-state index in [9.17, 15) is 8.42 Å². The molecule has 0 unspecified atom stereocenters. The molecule has 0 saturated heterocycles. The van der Waals surface area contributed by atoms with Gasteiger partial charge in [0.25, 0.3) is 0 Å². The Hall–Kier alpha value is -1.64. The van der Waals surface area contributed by atoms with E-state index in [2.05, 4.69) is 10.3 Å². The first-order chi connectivity index (χ1) is 8.97. The standard InChI is InChI=1S/C11H14N4O2S2/c12-9-7-8(19(13,16)17)1-2-10(9)14-4-3-11-15-5-6-18-11/h1-2,5-7,14H,3-4,12H2,(H2,13,16,17). The zero-order valence-corrected chi connectivity index (χ0v) is 11.7. The molecule has 2 aromatic rings. The molecule has 0 bridgehead atoms. The Morgan fingerprint density at radius 1 is 1.37 bits per heavy atom. The second-order valence-electron chi connectivity index (χ2n) is 3.90. The molecule has 0 saturated carbocycles. The summed E-state index contributed by atoms with van der Waals surface area (Å²) >= 11 is 1.59. The summed E-state index contributed by atoms with van der Waals surface area (Å²) in [5.41, 5.74) is 6.82. The molecule has 0 radical (unpaired) electrons. The highest BCUT2D eigenvalue weighted by atomic mass is 32.2. The number of anilines is 2. The number of benzene rings is 1. The van der Waals surface area contributed by atoms with Crippen LogP contribution in [0, 0.1) is 0 Å². The van der Waals surface area contributed by atoms with Crippen LogP contribution in [0.4, 0.5) is 11.4 Å². The summed E-state index contributed by atoms with van der Waals surface area (Å²) in [5.74, 6) is 0. The topological polar surface area (TPSA) is 111 Å². The fourth-order valence-electron chi connectivity index (χ4n) is 1.56. The minimum Gasteiger partial charge on any atom is -0.397 e. The van der Waals surface area contributed by atoms with Crippen molar-refractivity contribution < 1.29 is 8.42 Å². The Morgan fingerprint density at radius 3 is 2.74 bits per heavy atom. The molecule has 0 atom stereocenters. The summed E-state index contributed by atoms with van der Waals surface area (Å²) < 4.78 is 22.3. The van der Waals surface area contributed by atoms with E-state index in [1.165, 1.54) is 12.1 Å². The van der Waals surface area contributed by atoms with E-state index in [0.717, 1.165) is 11.4 Å². The smallest absolute Gasteiger partial charge is 0.238 e. The van der Waals surface area contributed by atoms with Crippen LogP contribution in [0.2, 0.25) is 0 Å². The molecule has 0 spiro atoms. The number of hydrogen-bond donors (Lipinski definition) is 3. The van der Waals surface area contributed by atoms with Crippen molar-refractivity contribution in [3.05, 3.63) is 34.8 Å². The number of nitrogens with two attached hydrogens (primary N) is 2. The van der Waals surface area contributed by atoms with Gasteiger partial charge in [-0.25, -0.2) is 18.5 Å². The van der Waals surface area contributed by atoms with Crippen LogP contribution in [0.25, 0.3) is 0 Å². The highest BCUT2D eigenvalue weighted by Crippen LogP contribution is 2.21. The van der Waals surface area contributed by atoms with Gasteiger partial charge >= 0.3 is 0 Å². The summed E-state index contributed by atoms with van der Waals surface area (Å²) in [5, 5.41) is 11.1. The van der Waals surface area contributed by atoms with Crippen molar-refractivity contribution >= 4 is 32.7 Å². The van der Waals surface area contributed by atoms with E-state index in [1.54, 1.807) is 23.6 Å². The molecular weight excluding hydrogens is 284 g/mol. The van der Waals surface area contributed by atoms with Gasteiger partial charge in [0.2, 0.25) is 10.0 Å². The summed E-state index contributed by atoms with van der Waals surface area (Å²) in [4.78, 5) is 4.18. The van der Waals surface area contributed by atoms with Gasteiger partial charge in [-0.1, -0.05) is 0 Å². The number of nitrogens with one attached hydrogen (secondary N) is 1. The van der Waals surface area contributed by atoms with Crippen LogP contribution >= 0.6 is 11.3 Å². The molecule has 2 rings (SSSR count). The molecule has 1 aromatic heterocycles. The second-order valence-corrected chi connectivity index (χ2v) is 6.44. The monoisotopic (exact) mass is 298 g/mol. The Balaban J connectivity index is 2.01. The van der Waals surface area contributed by atoms with Gasteiger partial charge < -0.3 is 11.1 Å². The van der Waals surface area contributed by atoms with Crippen molar-refractivity contribution in [2.24, 2.45) is 5.14 Å². The molecule has 19 heavy (non-hydrogen) atoms. The number of rotatable bonds is 5. The van der Waals surface area contributed by atoms with Crippen LogP contribution < -0.4 is 16.2 Å². The first-order valence-corrected chi connectivity index (χ1v) is 7.94. The number of aromatic nitrogens is 1. The van der Waals surface area contributed by atoms with Crippen LogP contribution in [0.15, 0.2) is 34.7 Å². The third kappa shape index (κ3) is 3.66. The maximum absolute atomic E-state index is 11.2. The van der Waals surface area contributed by atoms with Gasteiger partial charge in [-0.2, -0.15) is 0 Å². The number of nitrogens with zero attached hydrogens (tertiary/aromatic N) is 1. The quantitative estimate of drug-likeness (QED) is 0.714. The first-order valence-electron chi connectivity index (χ1n) is 5.51. The lowest BCUT2D eigenvalue weighted by Gasteiger charge is -2.09. The lowest BCUT2D eigenvalue weighted by atomic mass is 10.2. The van der Waals surface area contributed by atoms with Crippen LogP contribution in [0.1, 0.15) is 5.01 Å². The molecule has 0 amide bonds. The van der Waals surface area contributed by atoms with Crippen molar-refractivity contribution in [3.8, 4) is 0 Å². The SMILES string of the molecule is Nc1cc(S(N)(=O)=O)ccc1NCCc1nccs1. The van der Waals surface area contributed by atoms with E-state index < -0.39 is 10.0 Å². The number of sulfonamides is 1. The molecule has 1 heterocycles. The Morgan fingerprint density at radius 2 is 2.16 bits per heavy atom. The van der Waals surface area contributed by atoms with E-state index in [4.69, 9.17) is 10.9 Å². The van der Waals surface area contributed by atoms with E-state index in [-0.39, 0.29) is 4.90 Å². The van der Waals surface area contributed by atoms with E-state index in [1.807, 2.05) is 5.38 Å². The summed E-state index contributed by atoms with van der Waals surface area (Å²) in [6.07, 6.45) is 2.54. The number of primary sulfonamides is 1. The van der Waals surface area contributed by atoms with E-state index >= 15 is 0 Å². The van der Waals surface area contributed by atoms with Gasteiger partial charge in [0, 0.05) is 24.5 Å². The van der Waals surface area contributed by atoms with Gasteiger partial charge in [-0.15, -0.1) is 11.3 Å². The van der Waals surface area contributed by atoms with Crippen molar-refractivity contribution in [3.63, 3.8) is 0 Å². The third-order valence-electron chi connectivity index (χ3n) is 2.49. The Labute approximate surface area is 115 Å². The van der Waals surface area contributed by atoms with Crippen LogP contribution in [-0.4, -0.2) is 19.9 Å². The van der Waals surface area contributed by atoms with Gasteiger partial charge in [-0.3, -0.25) is 0 Å². The predicted octanol–water partition coefficient (Wildman–Crippen LogP) is 1.03. The van der Waals surface area contributed by atoms with Crippen molar-refractivity contribution in [1.82, 2.24) is 4.98 Å². The van der Waals surface area contributed by atoms with E-state index in [0.29, 0.717) is 17.9 Å². The summed E-state index contributed by atoms with van der Waals surface area (Å²) in [6.45, 7) is 0.673. The van der Waals surface area contributed by atoms with Crippen LogP contribution in [-0.2, 0) is 16.4 Å². The summed E-state index contributed by atoms with van der Waals surface area (Å²) in [6, 6.07) is 4.38. The fourth-order valence-corrected chi connectivity index (χ4v) is 2.73. The molecule has 0 aliphatic heterocycles. The molecule has 0 fully saturated rings. The van der Waals surface area contributed by atoms with Crippen LogP contribution in [0.5, 0.6) is 0 Å². The zero-order valence-electron chi connectivity index (χ0n) is 10.0. The molecule has 0 aliphatic carbocycles. The first kappa shape index (κ1) is 13.8. The molecule has 6 nitrogen and oxygen atoms in total. The minimum atomic E-state index is -3.71. The highest BCUT2D eigenvalue weighted by Gasteiger charge is 2.09. The molecule has 5 N–H and O–H groups in total. The maximum atomic E-state index is 11.2. The predicted molar refractivity (Wildman–Crippen MR) is 76.5 cm³/mol. The molecule has 1 aromatic carbocycles. The minimum absolute atomic E-state index is 0.00970. The molecule has 102 valence electrons. The summed E-state index contributed by atoms with van der Waals surface area (Å²) in [7, 11) is -3.71. The Kier molecular flexibility index (Phi) is 4.03. The number of nitrogen functional groups attached to an aromatic ring is 1. The normalized spacial score (nSPS) is 11.4. The average molecular weight is 298 g/mol. The maximum Gasteiger partial charge on any atom is 0.238 e. The van der Waals surface area contributed by atoms with Gasteiger partial charge in [0.1, 0.15) is 0 Å². The molecule has 8 heteroatoms.